The van der Waals surface area contributed by atoms with Gasteiger partial charge in [0.15, 0.2) is 5.96 Å². The zero-order valence-electron chi connectivity index (χ0n) is 14.5. The molecule has 1 aromatic carbocycles. The molecule has 2 aromatic rings. The van der Waals surface area contributed by atoms with E-state index in [9.17, 15) is 21.6 Å². The van der Waals surface area contributed by atoms with Gasteiger partial charge in [-0.1, -0.05) is 6.07 Å². The van der Waals surface area contributed by atoms with Gasteiger partial charge in [0.25, 0.3) is 9.84 Å². The van der Waals surface area contributed by atoms with Gasteiger partial charge in [-0.2, -0.15) is 13.2 Å². The van der Waals surface area contributed by atoms with Crippen molar-refractivity contribution in [1.82, 2.24) is 5.32 Å². The van der Waals surface area contributed by atoms with Gasteiger partial charge in [-0.3, -0.25) is 4.99 Å². The number of aliphatic imine (C=N–C) groups is 1. The second-order valence-electron chi connectivity index (χ2n) is 5.29. The van der Waals surface area contributed by atoms with Gasteiger partial charge < -0.3 is 15.8 Å². The van der Waals surface area contributed by atoms with Crippen LogP contribution in [-0.2, 0) is 16.3 Å². The lowest BCUT2D eigenvalue weighted by molar-refractivity contribution is -0.0436. The number of nitrogens with two attached hydrogens (primary N) is 1. The molecule has 156 valence electrons. The fourth-order valence-electron chi connectivity index (χ4n) is 1.99. The van der Waals surface area contributed by atoms with Crippen molar-refractivity contribution in [1.29, 1.82) is 0 Å². The number of alkyl halides is 3. The van der Waals surface area contributed by atoms with Gasteiger partial charge in [-0.25, -0.2) is 8.42 Å². The Labute approximate surface area is 181 Å². The molecular formula is C16H19F3IN3O3S2. The minimum Gasteiger partial charge on any atom is -0.492 e. The number of benzene rings is 1. The van der Waals surface area contributed by atoms with Crippen molar-refractivity contribution < 1.29 is 26.3 Å². The molecule has 2 rings (SSSR count). The summed E-state index contributed by atoms with van der Waals surface area (Å²) in [5.74, 6) is 0.507. The number of halogens is 4. The zero-order chi connectivity index (χ0) is 19.9. The molecule has 0 aliphatic rings. The topological polar surface area (TPSA) is 93.8 Å². The molecule has 0 bridgehead atoms. The van der Waals surface area contributed by atoms with Crippen LogP contribution in [-0.4, -0.2) is 39.6 Å². The van der Waals surface area contributed by atoms with E-state index >= 15 is 0 Å². The van der Waals surface area contributed by atoms with E-state index < -0.39 is 20.2 Å². The lowest BCUT2D eigenvalue weighted by Crippen LogP contribution is -2.34. The normalized spacial score (nSPS) is 12.3. The van der Waals surface area contributed by atoms with Crippen LogP contribution in [0, 0.1) is 0 Å². The average Bonchev–Trinajstić information content (AvgIpc) is 3.11. The summed E-state index contributed by atoms with van der Waals surface area (Å²) in [7, 11) is -5.35. The van der Waals surface area contributed by atoms with Gasteiger partial charge in [0.05, 0.1) is 11.4 Å². The van der Waals surface area contributed by atoms with Crippen molar-refractivity contribution in [2.45, 2.75) is 16.8 Å². The van der Waals surface area contributed by atoms with Crippen LogP contribution >= 0.6 is 35.3 Å². The number of rotatable bonds is 8. The fourth-order valence-corrected chi connectivity index (χ4v) is 3.45. The number of hydrogen-bond donors (Lipinski definition) is 2. The molecule has 0 amide bonds. The maximum atomic E-state index is 12.5. The van der Waals surface area contributed by atoms with Gasteiger partial charge in [-0.05, 0) is 35.7 Å². The molecule has 3 N–H and O–H groups in total. The molecule has 28 heavy (non-hydrogen) atoms. The van der Waals surface area contributed by atoms with Crippen LogP contribution in [0.3, 0.4) is 0 Å². The van der Waals surface area contributed by atoms with Crippen LogP contribution < -0.4 is 15.8 Å². The first kappa shape index (κ1) is 24.5. The standard InChI is InChI=1S/C16H18F3N3O3S2.HI/c17-16(18,19)27(23,24)14-5-3-12(4-6-14)25-10-9-22-15(20)21-8-7-13-2-1-11-26-13;/h1-6,11H,7-10H2,(H3,20,21,22);1H. The van der Waals surface area contributed by atoms with Crippen LogP contribution in [0.4, 0.5) is 13.2 Å². The zero-order valence-corrected chi connectivity index (χ0v) is 18.4. The monoisotopic (exact) mass is 549 g/mol. The third-order valence-electron chi connectivity index (χ3n) is 3.34. The van der Waals surface area contributed by atoms with Crippen LogP contribution in [0.2, 0.25) is 0 Å². The van der Waals surface area contributed by atoms with Crippen molar-refractivity contribution in [3.63, 3.8) is 0 Å². The molecule has 0 radical (unpaired) electrons. The third kappa shape index (κ3) is 7.13. The van der Waals surface area contributed by atoms with Crippen LogP contribution in [0.1, 0.15) is 4.88 Å². The van der Waals surface area contributed by atoms with Crippen molar-refractivity contribution in [2.75, 3.05) is 19.7 Å². The minimum atomic E-state index is -5.35. The Bertz CT molecular complexity index is 856. The summed E-state index contributed by atoms with van der Waals surface area (Å²) in [6.45, 7) is 1.05. The number of sulfone groups is 1. The van der Waals surface area contributed by atoms with Crippen molar-refractivity contribution >= 4 is 51.1 Å². The Morgan fingerprint density at radius 3 is 2.46 bits per heavy atom. The molecule has 0 fully saturated rings. The highest BCUT2D eigenvalue weighted by atomic mass is 127. The molecule has 0 saturated carbocycles. The first-order valence-corrected chi connectivity index (χ1v) is 10.2. The second kappa shape index (κ2) is 10.9. The van der Waals surface area contributed by atoms with E-state index in [2.05, 4.69) is 10.3 Å². The summed E-state index contributed by atoms with van der Waals surface area (Å²) in [5, 5.41) is 4.84. The van der Waals surface area contributed by atoms with E-state index in [0.29, 0.717) is 13.1 Å². The Kier molecular flexibility index (Phi) is 9.50. The summed E-state index contributed by atoms with van der Waals surface area (Å²) in [6.07, 6.45) is 0.795. The smallest absolute Gasteiger partial charge is 0.492 e. The summed E-state index contributed by atoms with van der Waals surface area (Å²) < 4.78 is 65.2. The van der Waals surface area contributed by atoms with Gasteiger partial charge in [0, 0.05) is 17.8 Å². The largest absolute Gasteiger partial charge is 0.501 e. The molecule has 6 nitrogen and oxygen atoms in total. The predicted molar refractivity (Wildman–Crippen MR) is 113 cm³/mol. The number of guanidine groups is 1. The average molecular weight is 549 g/mol. The molecular weight excluding hydrogens is 530 g/mol. The van der Waals surface area contributed by atoms with E-state index in [1.54, 1.807) is 11.3 Å². The molecule has 1 heterocycles. The fraction of sp³-hybridized carbons (Fsp3) is 0.312. The Hall–Kier alpha value is -1.54. The van der Waals surface area contributed by atoms with E-state index in [1.165, 1.54) is 4.88 Å². The van der Waals surface area contributed by atoms with E-state index in [1.807, 2.05) is 17.5 Å². The summed E-state index contributed by atoms with van der Waals surface area (Å²) in [4.78, 5) is 4.55. The molecule has 0 aliphatic heterocycles. The lowest BCUT2D eigenvalue weighted by atomic mass is 10.3. The SMILES string of the molecule is I.NC(=NCCc1cccs1)NCCOc1ccc(S(=O)(=O)C(F)(F)F)cc1. The number of nitrogens with one attached hydrogen (secondary N) is 1. The number of ether oxygens (including phenoxy) is 1. The molecule has 0 aliphatic carbocycles. The number of nitrogens with zero attached hydrogens (tertiary/aromatic N) is 1. The molecule has 0 unspecified atom stereocenters. The van der Waals surface area contributed by atoms with E-state index in [-0.39, 0.29) is 42.3 Å². The summed E-state index contributed by atoms with van der Waals surface area (Å²) in [6, 6.07) is 8.02. The lowest BCUT2D eigenvalue weighted by Gasteiger charge is -2.10. The maximum Gasteiger partial charge on any atom is 0.501 e. The molecule has 0 atom stereocenters. The third-order valence-corrected chi connectivity index (χ3v) is 5.77. The van der Waals surface area contributed by atoms with Gasteiger partial charge in [-0.15, -0.1) is 35.3 Å². The summed E-state index contributed by atoms with van der Waals surface area (Å²) >= 11 is 1.65. The van der Waals surface area contributed by atoms with Gasteiger partial charge in [0.2, 0.25) is 0 Å². The second-order valence-corrected chi connectivity index (χ2v) is 8.27. The first-order valence-electron chi connectivity index (χ1n) is 7.80. The molecule has 0 saturated heterocycles. The van der Waals surface area contributed by atoms with Crippen LogP contribution in [0.25, 0.3) is 0 Å². The Morgan fingerprint density at radius 2 is 1.89 bits per heavy atom. The van der Waals surface area contributed by atoms with Gasteiger partial charge >= 0.3 is 5.51 Å². The van der Waals surface area contributed by atoms with Gasteiger partial charge in [0.1, 0.15) is 12.4 Å². The highest BCUT2D eigenvalue weighted by Crippen LogP contribution is 2.30. The quantitative estimate of drug-likeness (QED) is 0.229. The molecule has 12 heteroatoms. The highest BCUT2D eigenvalue weighted by molar-refractivity contribution is 14.0. The van der Waals surface area contributed by atoms with E-state index in [4.69, 9.17) is 10.5 Å². The predicted octanol–water partition coefficient (Wildman–Crippen LogP) is 3.19. The van der Waals surface area contributed by atoms with Crippen LogP contribution in [0.5, 0.6) is 5.75 Å². The number of thiophene rings is 1. The molecule has 0 spiro atoms. The van der Waals surface area contributed by atoms with Crippen molar-refractivity contribution in [3.05, 3.63) is 46.7 Å². The first-order chi connectivity index (χ1) is 12.7. The minimum absolute atomic E-state index is 0. The Balaban J connectivity index is 0.00000392. The summed E-state index contributed by atoms with van der Waals surface area (Å²) in [5.41, 5.74) is 0.381. The van der Waals surface area contributed by atoms with E-state index in [0.717, 1.165) is 30.7 Å². The molecule has 1 aromatic heterocycles. The number of hydrogen-bond acceptors (Lipinski definition) is 5. The van der Waals surface area contributed by atoms with Crippen molar-refractivity contribution in [2.24, 2.45) is 10.7 Å². The Morgan fingerprint density at radius 1 is 1.21 bits per heavy atom. The maximum absolute atomic E-state index is 12.5. The van der Waals surface area contributed by atoms with Crippen LogP contribution in [0.15, 0.2) is 51.7 Å². The van der Waals surface area contributed by atoms with Crippen molar-refractivity contribution in [3.8, 4) is 5.75 Å². The highest BCUT2D eigenvalue weighted by Gasteiger charge is 2.46.